The highest BCUT2D eigenvalue weighted by Crippen LogP contribution is 2.18. The topological polar surface area (TPSA) is 50.2 Å². The Labute approximate surface area is 108 Å². The minimum Gasteiger partial charge on any atom is -0.352 e. The standard InChI is InChI=1S/C13H22N4O/c1-3-6-16-8-5-15-12(13(16)18)17-7-4-11(10-17)9-14-2/h5,8,11,14H,3-4,6-7,9-10H2,1-2H3. The largest absolute Gasteiger partial charge is 0.352 e. The Morgan fingerprint density at radius 1 is 1.56 bits per heavy atom. The molecule has 1 aliphatic heterocycles. The maximum Gasteiger partial charge on any atom is 0.293 e. The SMILES string of the molecule is CCCn1ccnc(N2CCC(CNC)C2)c1=O. The summed E-state index contributed by atoms with van der Waals surface area (Å²) in [5, 5.41) is 3.20. The summed E-state index contributed by atoms with van der Waals surface area (Å²) in [6, 6.07) is 0. The normalized spacial score (nSPS) is 19.4. The molecule has 0 aliphatic carbocycles. The van der Waals surface area contributed by atoms with Crippen molar-refractivity contribution < 1.29 is 0 Å². The van der Waals surface area contributed by atoms with E-state index >= 15 is 0 Å². The zero-order chi connectivity index (χ0) is 13.0. The van der Waals surface area contributed by atoms with Crippen molar-refractivity contribution in [2.75, 3.05) is 31.6 Å². The van der Waals surface area contributed by atoms with E-state index in [2.05, 4.69) is 22.1 Å². The molecular formula is C13H22N4O. The fraction of sp³-hybridized carbons (Fsp3) is 0.692. The molecule has 2 rings (SSSR count). The first-order chi connectivity index (χ1) is 8.76. The van der Waals surface area contributed by atoms with E-state index < -0.39 is 0 Å². The summed E-state index contributed by atoms with van der Waals surface area (Å²) in [5.41, 5.74) is 0.0458. The highest BCUT2D eigenvalue weighted by Gasteiger charge is 2.24. The molecule has 5 nitrogen and oxygen atoms in total. The third-order valence-corrected chi connectivity index (χ3v) is 3.44. The molecule has 0 spiro atoms. The third-order valence-electron chi connectivity index (χ3n) is 3.44. The molecule has 0 saturated carbocycles. The van der Waals surface area contributed by atoms with Crippen LogP contribution in [0.4, 0.5) is 5.82 Å². The Balaban J connectivity index is 2.14. The molecule has 0 radical (unpaired) electrons. The Kier molecular flexibility index (Phi) is 4.36. The van der Waals surface area contributed by atoms with Crippen LogP contribution in [0.1, 0.15) is 19.8 Å². The van der Waals surface area contributed by atoms with Gasteiger partial charge in [0.25, 0.3) is 5.56 Å². The van der Waals surface area contributed by atoms with Crippen molar-refractivity contribution >= 4 is 5.82 Å². The predicted molar refractivity (Wildman–Crippen MR) is 73.0 cm³/mol. The maximum absolute atomic E-state index is 12.3. The van der Waals surface area contributed by atoms with Gasteiger partial charge in [-0.25, -0.2) is 4.98 Å². The number of rotatable bonds is 5. The van der Waals surface area contributed by atoms with Crippen molar-refractivity contribution in [2.45, 2.75) is 26.3 Å². The lowest BCUT2D eigenvalue weighted by molar-refractivity contribution is 0.548. The van der Waals surface area contributed by atoms with Gasteiger partial charge in [0.15, 0.2) is 5.82 Å². The molecule has 0 aromatic carbocycles. The van der Waals surface area contributed by atoms with Gasteiger partial charge < -0.3 is 14.8 Å². The summed E-state index contributed by atoms with van der Waals surface area (Å²) in [6.07, 6.45) is 5.60. The number of anilines is 1. The number of aryl methyl sites for hydroxylation is 1. The lowest BCUT2D eigenvalue weighted by Crippen LogP contribution is -2.32. The highest BCUT2D eigenvalue weighted by atomic mass is 16.1. The van der Waals surface area contributed by atoms with Crippen molar-refractivity contribution in [1.29, 1.82) is 0 Å². The second kappa shape index (κ2) is 6.00. The van der Waals surface area contributed by atoms with Crippen LogP contribution in [0.5, 0.6) is 0 Å². The van der Waals surface area contributed by atoms with Gasteiger partial charge >= 0.3 is 0 Å². The molecule has 1 aromatic heterocycles. The minimum absolute atomic E-state index is 0.0458. The van der Waals surface area contributed by atoms with E-state index in [1.807, 2.05) is 7.05 Å². The molecule has 100 valence electrons. The first-order valence-corrected chi connectivity index (χ1v) is 6.71. The highest BCUT2D eigenvalue weighted by molar-refractivity contribution is 5.37. The van der Waals surface area contributed by atoms with E-state index in [1.54, 1.807) is 17.0 Å². The monoisotopic (exact) mass is 250 g/mol. The molecule has 0 amide bonds. The van der Waals surface area contributed by atoms with E-state index in [9.17, 15) is 4.79 Å². The van der Waals surface area contributed by atoms with Crippen LogP contribution in [-0.2, 0) is 6.54 Å². The molecular weight excluding hydrogens is 228 g/mol. The second-order valence-electron chi connectivity index (χ2n) is 4.91. The van der Waals surface area contributed by atoms with Gasteiger partial charge in [0.2, 0.25) is 0 Å². The van der Waals surface area contributed by atoms with Crippen molar-refractivity contribution in [3.8, 4) is 0 Å². The van der Waals surface area contributed by atoms with Crippen LogP contribution < -0.4 is 15.8 Å². The summed E-state index contributed by atoms with van der Waals surface area (Å²) in [6.45, 7) is 5.71. The van der Waals surface area contributed by atoms with Crippen molar-refractivity contribution in [2.24, 2.45) is 5.92 Å². The van der Waals surface area contributed by atoms with Gasteiger partial charge in [0, 0.05) is 32.0 Å². The lowest BCUT2D eigenvalue weighted by atomic mass is 10.1. The molecule has 1 saturated heterocycles. The van der Waals surface area contributed by atoms with E-state index in [4.69, 9.17) is 0 Å². The average molecular weight is 250 g/mol. The lowest BCUT2D eigenvalue weighted by Gasteiger charge is -2.17. The van der Waals surface area contributed by atoms with Crippen LogP contribution in [0.25, 0.3) is 0 Å². The number of nitrogens with zero attached hydrogens (tertiary/aromatic N) is 3. The van der Waals surface area contributed by atoms with Crippen LogP contribution in [0, 0.1) is 5.92 Å². The van der Waals surface area contributed by atoms with Crippen LogP contribution in [-0.4, -0.2) is 36.2 Å². The van der Waals surface area contributed by atoms with E-state index in [1.165, 1.54) is 0 Å². The Morgan fingerprint density at radius 3 is 3.11 bits per heavy atom. The van der Waals surface area contributed by atoms with Crippen LogP contribution >= 0.6 is 0 Å². The Hall–Kier alpha value is -1.36. The number of aromatic nitrogens is 2. The molecule has 1 N–H and O–H groups in total. The van der Waals surface area contributed by atoms with Crippen LogP contribution in [0.15, 0.2) is 17.2 Å². The summed E-state index contributed by atoms with van der Waals surface area (Å²) in [5.74, 6) is 1.24. The molecule has 1 aromatic rings. The van der Waals surface area contributed by atoms with E-state index in [-0.39, 0.29) is 5.56 Å². The van der Waals surface area contributed by atoms with Gasteiger partial charge in [-0.2, -0.15) is 0 Å². The summed E-state index contributed by atoms with van der Waals surface area (Å²) in [4.78, 5) is 18.6. The van der Waals surface area contributed by atoms with Gasteiger partial charge in [-0.15, -0.1) is 0 Å². The maximum atomic E-state index is 12.3. The first-order valence-electron chi connectivity index (χ1n) is 6.71. The third kappa shape index (κ3) is 2.72. The smallest absolute Gasteiger partial charge is 0.293 e. The molecule has 1 aliphatic rings. The van der Waals surface area contributed by atoms with Gasteiger partial charge in [0.1, 0.15) is 0 Å². The van der Waals surface area contributed by atoms with Crippen molar-refractivity contribution in [1.82, 2.24) is 14.9 Å². The van der Waals surface area contributed by atoms with Gasteiger partial charge in [-0.1, -0.05) is 6.92 Å². The van der Waals surface area contributed by atoms with Crippen molar-refractivity contribution in [3.05, 3.63) is 22.7 Å². The predicted octanol–water partition coefficient (Wildman–Crippen LogP) is 0.699. The molecule has 2 heterocycles. The van der Waals surface area contributed by atoms with Gasteiger partial charge in [-0.05, 0) is 32.4 Å². The first kappa shape index (κ1) is 13.1. The molecule has 0 bridgehead atoms. The van der Waals surface area contributed by atoms with Crippen LogP contribution in [0.3, 0.4) is 0 Å². The molecule has 1 atom stereocenters. The quantitative estimate of drug-likeness (QED) is 0.836. The minimum atomic E-state index is 0.0458. The zero-order valence-corrected chi connectivity index (χ0v) is 11.2. The van der Waals surface area contributed by atoms with Crippen molar-refractivity contribution in [3.63, 3.8) is 0 Å². The Morgan fingerprint density at radius 2 is 2.39 bits per heavy atom. The fourth-order valence-corrected chi connectivity index (χ4v) is 2.55. The van der Waals surface area contributed by atoms with E-state index in [0.29, 0.717) is 11.7 Å². The summed E-state index contributed by atoms with van der Waals surface area (Å²) < 4.78 is 1.76. The molecule has 5 heteroatoms. The van der Waals surface area contributed by atoms with Gasteiger partial charge in [0.05, 0.1) is 0 Å². The average Bonchev–Trinajstić information content (AvgIpc) is 2.81. The summed E-state index contributed by atoms with van der Waals surface area (Å²) in [7, 11) is 1.97. The zero-order valence-electron chi connectivity index (χ0n) is 11.2. The molecule has 1 unspecified atom stereocenters. The number of nitrogens with one attached hydrogen (secondary N) is 1. The number of hydrogen-bond donors (Lipinski definition) is 1. The molecule has 1 fully saturated rings. The van der Waals surface area contributed by atoms with Gasteiger partial charge in [-0.3, -0.25) is 4.79 Å². The van der Waals surface area contributed by atoms with Crippen LogP contribution in [0.2, 0.25) is 0 Å². The Bertz CT molecular complexity index is 443. The van der Waals surface area contributed by atoms with E-state index in [0.717, 1.165) is 39.0 Å². The fourth-order valence-electron chi connectivity index (χ4n) is 2.55. The second-order valence-corrected chi connectivity index (χ2v) is 4.91. The molecule has 18 heavy (non-hydrogen) atoms. The summed E-state index contributed by atoms with van der Waals surface area (Å²) >= 11 is 0. The number of hydrogen-bond acceptors (Lipinski definition) is 4.